The van der Waals surface area contributed by atoms with Crippen LogP contribution in [0.25, 0.3) is 0 Å². The molecule has 0 bridgehead atoms. The van der Waals surface area contributed by atoms with Gasteiger partial charge in [-0.1, -0.05) is 0 Å². The maximum absolute atomic E-state index is 12.2. The van der Waals surface area contributed by atoms with Crippen LogP contribution in [0.15, 0.2) is 12.1 Å². The zero-order valence-corrected chi connectivity index (χ0v) is 11.8. The number of carbonyl (C=O) groups excluding carboxylic acids is 1. The van der Waals surface area contributed by atoms with E-state index in [1.165, 1.54) is 13.2 Å². The second-order valence-electron chi connectivity index (χ2n) is 5.75. The molecule has 0 saturated carbocycles. The Bertz CT molecular complexity index is 564. The highest BCUT2D eigenvalue weighted by molar-refractivity contribution is 6.01. The minimum absolute atomic E-state index is 0.0190. The summed E-state index contributed by atoms with van der Waals surface area (Å²) in [7, 11) is 1.53. The van der Waals surface area contributed by atoms with Crippen LogP contribution < -0.4 is 4.74 Å². The summed E-state index contributed by atoms with van der Waals surface area (Å²) in [4.78, 5) is 12.2. The molecule has 1 aromatic rings. The van der Waals surface area contributed by atoms with Crippen LogP contribution in [0.2, 0.25) is 0 Å². The molecule has 1 N–H and O–H groups in total. The van der Waals surface area contributed by atoms with E-state index in [2.05, 4.69) is 0 Å². The lowest BCUT2D eigenvalue weighted by atomic mass is 9.79. The number of phenols is 1. The predicted octanol–water partition coefficient (Wildman–Crippen LogP) is 2.43. The quantitative estimate of drug-likeness (QED) is 0.854. The second-order valence-corrected chi connectivity index (χ2v) is 5.75. The Labute approximate surface area is 117 Å². The van der Waals surface area contributed by atoms with E-state index >= 15 is 0 Å². The minimum Gasteiger partial charge on any atom is -0.507 e. The van der Waals surface area contributed by atoms with E-state index in [1.807, 2.05) is 13.8 Å². The highest BCUT2D eigenvalue weighted by Gasteiger charge is 2.44. The molecule has 0 radical (unpaired) electrons. The topological polar surface area (TPSA) is 65.0 Å². The van der Waals surface area contributed by atoms with Gasteiger partial charge < -0.3 is 19.3 Å². The van der Waals surface area contributed by atoms with Crippen molar-refractivity contribution in [2.75, 3.05) is 13.7 Å². The number of hydrogen-bond donors (Lipinski definition) is 1. The van der Waals surface area contributed by atoms with Gasteiger partial charge in [-0.05, 0) is 25.5 Å². The molecular formula is C15H18O5. The smallest absolute Gasteiger partial charge is 0.167 e. The van der Waals surface area contributed by atoms with Crippen LogP contribution in [0.4, 0.5) is 0 Å². The number of carbonyl (C=O) groups is 1. The Morgan fingerprint density at radius 2 is 2.15 bits per heavy atom. The first-order valence-electron chi connectivity index (χ1n) is 6.67. The molecule has 108 valence electrons. The van der Waals surface area contributed by atoms with Gasteiger partial charge in [-0.25, -0.2) is 0 Å². The first-order valence-corrected chi connectivity index (χ1v) is 6.67. The van der Waals surface area contributed by atoms with E-state index in [9.17, 15) is 9.90 Å². The van der Waals surface area contributed by atoms with Crippen LogP contribution >= 0.6 is 0 Å². The number of ketones is 1. The number of phenolic OH excluding ortho intramolecular Hbond substituents is 1. The van der Waals surface area contributed by atoms with Gasteiger partial charge in [-0.2, -0.15) is 0 Å². The highest BCUT2D eigenvalue weighted by Crippen LogP contribution is 2.46. The summed E-state index contributed by atoms with van der Waals surface area (Å²) in [5.41, 5.74) is 1.05. The second kappa shape index (κ2) is 4.46. The van der Waals surface area contributed by atoms with Crippen LogP contribution in [0.3, 0.4) is 0 Å². The van der Waals surface area contributed by atoms with E-state index in [0.717, 1.165) is 0 Å². The normalized spacial score (nSPS) is 27.6. The van der Waals surface area contributed by atoms with Crippen molar-refractivity contribution >= 4 is 5.78 Å². The molecule has 1 aliphatic heterocycles. The summed E-state index contributed by atoms with van der Waals surface area (Å²) in [6.45, 7) is 4.17. The molecule has 1 fully saturated rings. The molecular weight excluding hydrogens is 260 g/mol. The first-order chi connectivity index (χ1) is 9.41. The molecule has 1 saturated heterocycles. The fourth-order valence-electron chi connectivity index (χ4n) is 2.92. The van der Waals surface area contributed by atoms with E-state index in [0.29, 0.717) is 29.9 Å². The predicted molar refractivity (Wildman–Crippen MR) is 71.0 cm³/mol. The molecule has 3 rings (SSSR count). The number of benzene rings is 1. The molecule has 5 nitrogen and oxygen atoms in total. The summed E-state index contributed by atoms with van der Waals surface area (Å²) >= 11 is 0. The lowest BCUT2D eigenvalue weighted by Gasteiger charge is -2.43. The average Bonchev–Trinajstić information content (AvgIpc) is 2.38. The Balaban J connectivity index is 2.11. The van der Waals surface area contributed by atoms with E-state index < -0.39 is 5.79 Å². The number of aromatic hydroxyl groups is 1. The van der Waals surface area contributed by atoms with E-state index in [-0.39, 0.29) is 23.6 Å². The molecule has 1 aromatic carbocycles. The summed E-state index contributed by atoms with van der Waals surface area (Å²) < 4.78 is 16.8. The Morgan fingerprint density at radius 3 is 2.85 bits per heavy atom. The lowest BCUT2D eigenvalue weighted by Crippen LogP contribution is -2.44. The van der Waals surface area contributed by atoms with Crippen molar-refractivity contribution in [1.82, 2.24) is 0 Å². The van der Waals surface area contributed by atoms with Crippen molar-refractivity contribution in [3.05, 3.63) is 23.3 Å². The van der Waals surface area contributed by atoms with Gasteiger partial charge in [0.25, 0.3) is 0 Å². The van der Waals surface area contributed by atoms with Crippen molar-refractivity contribution in [2.24, 2.45) is 5.92 Å². The van der Waals surface area contributed by atoms with Crippen LogP contribution in [0.1, 0.15) is 42.3 Å². The van der Waals surface area contributed by atoms with Crippen LogP contribution in [0.5, 0.6) is 11.5 Å². The molecule has 2 atom stereocenters. The molecule has 0 amide bonds. The molecule has 1 aliphatic carbocycles. The molecule has 5 heteroatoms. The van der Waals surface area contributed by atoms with Gasteiger partial charge in [0.1, 0.15) is 11.5 Å². The molecule has 1 heterocycles. The largest absolute Gasteiger partial charge is 0.507 e. The van der Waals surface area contributed by atoms with Crippen LogP contribution in [0, 0.1) is 5.92 Å². The Hall–Kier alpha value is -1.59. The van der Waals surface area contributed by atoms with Crippen molar-refractivity contribution in [1.29, 1.82) is 0 Å². The fraction of sp³-hybridized carbons (Fsp3) is 0.533. The summed E-state index contributed by atoms with van der Waals surface area (Å²) in [5.74, 6) is -0.321. The van der Waals surface area contributed by atoms with E-state index in [4.69, 9.17) is 14.2 Å². The van der Waals surface area contributed by atoms with Crippen molar-refractivity contribution in [3.63, 3.8) is 0 Å². The SMILES string of the molecule is COc1cc(O)c2c(c1)C1OC(C)(C)OCC1CC2=O. The highest BCUT2D eigenvalue weighted by atomic mass is 16.7. The van der Waals surface area contributed by atoms with Crippen molar-refractivity contribution in [2.45, 2.75) is 32.2 Å². The minimum atomic E-state index is -0.697. The molecule has 2 unspecified atom stereocenters. The number of Topliss-reactive ketones (excluding diaryl/α,β-unsaturated/α-hetero) is 1. The van der Waals surface area contributed by atoms with Crippen LogP contribution in [-0.2, 0) is 9.47 Å². The summed E-state index contributed by atoms with van der Waals surface area (Å²) in [6, 6.07) is 3.23. The standard InChI is InChI=1S/C15H18O5/c1-15(2)19-7-8-4-11(16)13-10(14(8)20-15)5-9(18-3)6-12(13)17/h5-6,8,14,17H,4,7H2,1-3H3. The van der Waals surface area contributed by atoms with Crippen LogP contribution in [-0.4, -0.2) is 30.4 Å². The van der Waals surface area contributed by atoms with Crippen molar-refractivity contribution < 1.29 is 24.1 Å². The lowest BCUT2D eigenvalue weighted by molar-refractivity contribution is -0.296. The number of fused-ring (bicyclic) bond motifs is 3. The monoisotopic (exact) mass is 278 g/mol. The maximum Gasteiger partial charge on any atom is 0.167 e. The Morgan fingerprint density at radius 1 is 1.40 bits per heavy atom. The van der Waals surface area contributed by atoms with Gasteiger partial charge >= 0.3 is 0 Å². The number of methoxy groups -OCH3 is 1. The Kier molecular flexibility index (Phi) is 2.99. The maximum atomic E-state index is 12.2. The number of hydrogen-bond acceptors (Lipinski definition) is 5. The third kappa shape index (κ3) is 2.07. The van der Waals surface area contributed by atoms with Gasteiger partial charge in [-0.3, -0.25) is 4.79 Å². The number of ether oxygens (including phenoxy) is 3. The van der Waals surface area contributed by atoms with Gasteiger partial charge in [0, 0.05) is 18.4 Å². The van der Waals surface area contributed by atoms with Gasteiger partial charge in [0.15, 0.2) is 11.6 Å². The van der Waals surface area contributed by atoms with Gasteiger partial charge in [0.2, 0.25) is 0 Å². The average molecular weight is 278 g/mol. The summed E-state index contributed by atoms with van der Waals surface area (Å²) in [6.07, 6.45) is 0.0700. The molecule has 0 aromatic heterocycles. The third-order valence-electron chi connectivity index (χ3n) is 3.87. The zero-order chi connectivity index (χ0) is 14.5. The zero-order valence-electron chi connectivity index (χ0n) is 11.8. The molecule has 0 spiro atoms. The van der Waals surface area contributed by atoms with Gasteiger partial charge in [0.05, 0.1) is 25.4 Å². The molecule has 2 aliphatic rings. The third-order valence-corrected chi connectivity index (χ3v) is 3.87. The number of rotatable bonds is 1. The van der Waals surface area contributed by atoms with Gasteiger partial charge in [-0.15, -0.1) is 0 Å². The van der Waals surface area contributed by atoms with E-state index in [1.54, 1.807) is 6.07 Å². The first kappa shape index (κ1) is 13.4. The molecule has 20 heavy (non-hydrogen) atoms. The fourth-order valence-corrected chi connectivity index (χ4v) is 2.92. The summed E-state index contributed by atoms with van der Waals surface area (Å²) in [5, 5.41) is 10.1. The van der Waals surface area contributed by atoms with Crippen molar-refractivity contribution in [3.8, 4) is 11.5 Å².